The number of hydrogen-bond donors (Lipinski definition) is 2. The second-order valence-corrected chi connectivity index (χ2v) is 4.28. The molecule has 1 fully saturated rings. The van der Waals surface area contributed by atoms with E-state index in [2.05, 4.69) is 12.2 Å². The fraction of sp³-hybridized carbons (Fsp3) is 0.875. The van der Waals surface area contributed by atoms with Crippen LogP contribution in [-0.4, -0.2) is 29.5 Å². The van der Waals surface area contributed by atoms with Gasteiger partial charge in [-0.05, 0) is 25.1 Å². The van der Waals surface area contributed by atoms with Crippen molar-refractivity contribution in [3.63, 3.8) is 0 Å². The summed E-state index contributed by atoms with van der Waals surface area (Å²) in [6.45, 7) is 2.97. The van der Waals surface area contributed by atoms with Gasteiger partial charge in [-0.25, -0.2) is 0 Å². The molecule has 0 spiro atoms. The summed E-state index contributed by atoms with van der Waals surface area (Å²) in [7, 11) is 0. The van der Waals surface area contributed by atoms with Gasteiger partial charge in [-0.2, -0.15) is 11.8 Å². The van der Waals surface area contributed by atoms with Crippen LogP contribution in [0.2, 0.25) is 0 Å². The Bertz CT molecular complexity index is 166. The van der Waals surface area contributed by atoms with Crippen molar-refractivity contribution < 1.29 is 4.79 Å². The van der Waals surface area contributed by atoms with Gasteiger partial charge in [0.2, 0.25) is 5.91 Å². The fourth-order valence-electron chi connectivity index (χ4n) is 1.35. The van der Waals surface area contributed by atoms with E-state index in [1.807, 2.05) is 0 Å². The third kappa shape index (κ3) is 1.93. The molecule has 0 aromatic heterocycles. The van der Waals surface area contributed by atoms with Crippen LogP contribution >= 0.6 is 11.8 Å². The van der Waals surface area contributed by atoms with Gasteiger partial charge in [0.25, 0.3) is 0 Å². The lowest BCUT2D eigenvalue weighted by Gasteiger charge is -2.25. The molecule has 1 heterocycles. The lowest BCUT2D eigenvalue weighted by Crippen LogP contribution is -2.55. The third-order valence-corrected chi connectivity index (χ3v) is 3.40. The average Bonchev–Trinajstić information content (AvgIpc) is 2.50. The summed E-state index contributed by atoms with van der Waals surface area (Å²) in [4.78, 5) is 11.2. The zero-order valence-electron chi connectivity index (χ0n) is 7.43. The Hall–Kier alpha value is -0.220. The first-order valence-electron chi connectivity index (χ1n) is 4.34. The van der Waals surface area contributed by atoms with Gasteiger partial charge in [0.1, 0.15) is 5.54 Å². The molecule has 3 nitrogen and oxygen atoms in total. The monoisotopic (exact) mass is 188 g/mol. The van der Waals surface area contributed by atoms with Crippen molar-refractivity contribution in [2.45, 2.75) is 25.3 Å². The number of amides is 1. The van der Waals surface area contributed by atoms with Crippen LogP contribution in [0.25, 0.3) is 0 Å². The molecule has 0 aromatic carbocycles. The molecule has 1 rings (SSSR count). The molecule has 12 heavy (non-hydrogen) atoms. The molecule has 0 saturated carbocycles. The standard InChI is InChI=1S/C8H16N2OS/c1-2-4-10-8(7(9)11)3-5-12-6-8/h10H,2-6H2,1H3,(H2,9,11). The Morgan fingerprint density at radius 3 is 2.92 bits per heavy atom. The highest BCUT2D eigenvalue weighted by Crippen LogP contribution is 2.27. The molecule has 0 radical (unpaired) electrons. The van der Waals surface area contributed by atoms with Crippen molar-refractivity contribution in [2.75, 3.05) is 18.1 Å². The van der Waals surface area contributed by atoms with Crippen molar-refractivity contribution >= 4 is 17.7 Å². The lowest BCUT2D eigenvalue weighted by molar-refractivity contribution is -0.123. The van der Waals surface area contributed by atoms with Crippen LogP contribution < -0.4 is 11.1 Å². The van der Waals surface area contributed by atoms with Crippen LogP contribution in [0.4, 0.5) is 0 Å². The van der Waals surface area contributed by atoms with E-state index < -0.39 is 5.54 Å². The molecule has 1 unspecified atom stereocenters. The van der Waals surface area contributed by atoms with Crippen LogP contribution in [0.1, 0.15) is 19.8 Å². The summed E-state index contributed by atoms with van der Waals surface area (Å²) < 4.78 is 0. The normalized spacial score (nSPS) is 29.1. The molecular formula is C8H16N2OS. The number of hydrogen-bond acceptors (Lipinski definition) is 3. The summed E-state index contributed by atoms with van der Waals surface area (Å²) in [6, 6.07) is 0. The molecule has 70 valence electrons. The highest BCUT2D eigenvalue weighted by atomic mass is 32.2. The van der Waals surface area contributed by atoms with Gasteiger partial charge < -0.3 is 11.1 Å². The summed E-state index contributed by atoms with van der Waals surface area (Å²) in [5, 5.41) is 3.25. The predicted octanol–water partition coefficient (Wildman–Crippen LogP) is 0.347. The van der Waals surface area contributed by atoms with E-state index in [9.17, 15) is 4.79 Å². The van der Waals surface area contributed by atoms with Crippen molar-refractivity contribution in [2.24, 2.45) is 5.73 Å². The molecule has 0 aromatic rings. The van der Waals surface area contributed by atoms with Crippen molar-refractivity contribution in [1.29, 1.82) is 0 Å². The van der Waals surface area contributed by atoms with Crippen molar-refractivity contribution in [1.82, 2.24) is 5.32 Å². The Morgan fingerprint density at radius 1 is 1.75 bits per heavy atom. The quantitative estimate of drug-likeness (QED) is 0.669. The number of thioether (sulfide) groups is 1. The number of carbonyl (C=O) groups is 1. The van der Waals surface area contributed by atoms with Gasteiger partial charge in [0.15, 0.2) is 0 Å². The molecule has 1 aliphatic heterocycles. The second-order valence-electron chi connectivity index (χ2n) is 3.18. The van der Waals surface area contributed by atoms with Gasteiger partial charge >= 0.3 is 0 Å². The molecule has 0 bridgehead atoms. The largest absolute Gasteiger partial charge is 0.368 e. The van der Waals surface area contributed by atoms with E-state index in [4.69, 9.17) is 5.73 Å². The zero-order chi connectivity index (χ0) is 9.03. The van der Waals surface area contributed by atoms with E-state index >= 15 is 0 Å². The molecule has 1 amide bonds. The van der Waals surface area contributed by atoms with Crippen molar-refractivity contribution in [3.8, 4) is 0 Å². The average molecular weight is 188 g/mol. The minimum atomic E-state index is -0.402. The van der Waals surface area contributed by atoms with Crippen LogP contribution in [0.5, 0.6) is 0 Å². The lowest BCUT2D eigenvalue weighted by atomic mass is 9.98. The van der Waals surface area contributed by atoms with Crippen LogP contribution in [0.15, 0.2) is 0 Å². The van der Waals surface area contributed by atoms with Gasteiger partial charge in [0, 0.05) is 5.75 Å². The summed E-state index contributed by atoms with van der Waals surface area (Å²) >= 11 is 1.80. The Morgan fingerprint density at radius 2 is 2.50 bits per heavy atom. The SMILES string of the molecule is CCCNC1(C(N)=O)CCSC1. The van der Waals surface area contributed by atoms with E-state index in [1.165, 1.54) is 0 Å². The fourth-order valence-corrected chi connectivity index (χ4v) is 2.72. The Labute approximate surface area is 77.5 Å². The molecule has 1 atom stereocenters. The molecule has 4 heteroatoms. The number of primary amides is 1. The number of carbonyl (C=O) groups excluding carboxylic acids is 1. The van der Waals surface area contributed by atoms with Crippen molar-refractivity contribution in [3.05, 3.63) is 0 Å². The van der Waals surface area contributed by atoms with Gasteiger partial charge in [-0.3, -0.25) is 4.79 Å². The first-order chi connectivity index (χ1) is 5.71. The summed E-state index contributed by atoms with van der Waals surface area (Å²) in [6.07, 6.45) is 1.92. The molecule has 1 aliphatic rings. The highest BCUT2D eigenvalue weighted by molar-refractivity contribution is 7.99. The Balaban J connectivity index is 2.53. The maximum atomic E-state index is 11.2. The maximum Gasteiger partial charge on any atom is 0.238 e. The van der Waals surface area contributed by atoms with E-state index in [1.54, 1.807) is 11.8 Å². The van der Waals surface area contributed by atoms with E-state index in [-0.39, 0.29) is 5.91 Å². The molecule has 3 N–H and O–H groups in total. The van der Waals surface area contributed by atoms with Crippen LogP contribution in [0, 0.1) is 0 Å². The number of rotatable bonds is 4. The van der Waals surface area contributed by atoms with Crippen LogP contribution in [-0.2, 0) is 4.79 Å². The number of nitrogens with two attached hydrogens (primary N) is 1. The summed E-state index contributed by atoms with van der Waals surface area (Å²) in [5.74, 6) is 1.68. The highest BCUT2D eigenvalue weighted by Gasteiger charge is 2.39. The second kappa shape index (κ2) is 4.14. The minimum Gasteiger partial charge on any atom is -0.368 e. The predicted molar refractivity (Wildman–Crippen MR) is 52.2 cm³/mol. The van der Waals surface area contributed by atoms with E-state index in [0.29, 0.717) is 0 Å². The summed E-state index contributed by atoms with van der Waals surface area (Å²) in [5.41, 5.74) is 4.96. The number of nitrogens with one attached hydrogen (secondary N) is 1. The smallest absolute Gasteiger partial charge is 0.238 e. The zero-order valence-corrected chi connectivity index (χ0v) is 8.25. The van der Waals surface area contributed by atoms with Gasteiger partial charge in [-0.15, -0.1) is 0 Å². The van der Waals surface area contributed by atoms with Gasteiger partial charge in [-0.1, -0.05) is 6.92 Å². The molecule has 1 saturated heterocycles. The first kappa shape index (κ1) is 9.86. The molecular weight excluding hydrogens is 172 g/mol. The van der Waals surface area contributed by atoms with Crippen LogP contribution in [0.3, 0.4) is 0 Å². The van der Waals surface area contributed by atoms with E-state index in [0.717, 1.165) is 30.9 Å². The Kier molecular flexibility index (Phi) is 3.40. The topological polar surface area (TPSA) is 55.1 Å². The molecule has 0 aliphatic carbocycles. The first-order valence-corrected chi connectivity index (χ1v) is 5.49. The maximum absolute atomic E-state index is 11.2. The third-order valence-electron chi connectivity index (χ3n) is 2.21. The van der Waals surface area contributed by atoms with Gasteiger partial charge in [0.05, 0.1) is 0 Å². The minimum absolute atomic E-state index is 0.194.